The Morgan fingerprint density at radius 3 is 2.60 bits per heavy atom. The van der Waals surface area contributed by atoms with Crippen molar-refractivity contribution in [2.45, 2.75) is 46.1 Å². The van der Waals surface area contributed by atoms with E-state index in [0.717, 1.165) is 36.3 Å². The molecule has 7 nitrogen and oxygen atoms in total. The molecule has 2 heterocycles. The zero-order valence-electron chi connectivity index (χ0n) is 17.9. The zero-order valence-corrected chi connectivity index (χ0v) is 17.9. The van der Waals surface area contributed by atoms with Gasteiger partial charge in [-0.3, -0.25) is 19.1 Å². The second-order valence-electron chi connectivity index (χ2n) is 7.76. The number of carbonyl (C=O) groups is 2. The van der Waals surface area contributed by atoms with Crippen molar-refractivity contribution in [3.63, 3.8) is 0 Å². The number of benzene rings is 1. The van der Waals surface area contributed by atoms with Gasteiger partial charge in [-0.25, -0.2) is 0 Å². The van der Waals surface area contributed by atoms with Crippen LogP contribution in [0.15, 0.2) is 30.3 Å². The van der Waals surface area contributed by atoms with Crippen molar-refractivity contribution < 1.29 is 9.59 Å². The summed E-state index contributed by atoms with van der Waals surface area (Å²) in [5, 5.41) is 15.7. The molecule has 1 aliphatic heterocycles. The molecule has 2 N–H and O–H groups in total. The number of aromatic nitrogens is 1. The Bertz CT molecular complexity index is 958. The summed E-state index contributed by atoms with van der Waals surface area (Å²) in [5.74, 6) is 0.386. The van der Waals surface area contributed by atoms with E-state index in [0.29, 0.717) is 24.3 Å². The van der Waals surface area contributed by atoms with Crippen LogP contribution in [0.3, 0.4) is 0 Å². The van der Waals surface area contributed by atoms with Crippen molar-refractivity contribution in [1.82, 2.24) is 14.8 Å². The van der Waals surface area contributed by atoms with Gasteiger partial charge >= 0.3 is 0 Å². The minimum absolute atomic E-state index is 0.0385. The average molecular weight is 408 g/mol. The number of amides is 2. The summed E-state index contributed by atoms with van der Waals surface area (Å²) in [5.41, 5.74) is 3.16. The van der Waals surface area contributed by atoms with Crippen LogP contribution in [0.5, 0.6) is 0 Å². The molecule has 1 atom stereocenters. The van der Waals surface area contributed by atoms with Crippen molar-refractivity contribution in [1.29, 1.82) is 5.26 Å². The minimum Gasteiger partial charge on any atom is -0.352 e. The predicted molar refractivity (Wildman–Crippen MR) is 116 cm³/mol. The lowest BCUT2D eigenvalue weighted by molar-refractivity contribution is -0.121. The number of nitriles is 1. The minimum atomic E-state index is -0.163. The zero-order chi connectivity index (χ0) is 21.7. The molecule has 1 aliphatic rings. The van der Waals surface area contributed by atoms with Gasteiger partial charge in [0.1, 0.15) is 11.9 Å². The van der Waals surface area contributed by atoms with Crippen molar-refractivity contribution in [3.05, 3.63) is 47.2 Å². The van der Waals surface area contributed by atoms with Gasteiger partial charge in [-0.1, -0.05) is 25.1 Å². The lowest BCUT2D eigenvalue weighted by Gasteiger charge is -2.32. The highest BCUT2D eigenvalue weighted by atomic mass is 16.2. The number of likely N-dealkylation sites (tertiary alicyclic amines) is 1. The smallest absolute Gasteiger partial charge is 0.239 e. The van der Waals surface area contributed by atoms with Crippen LogP contribution < -0.4 is 10.6 Å². The second kappa shape index (κ2) is 9.59. The molecule has 1 unspecified atom stereocenters. The van der Waals surface area contributed by atoms with Gasteiger partial charge in [-0.15, -0.1) is 0 Å². The number of hydrogen-bond donors (Lipinski definition) is 2. The Morgan fingerprint density at radius 2 is 1.93 bits per heavy atom. The van der Waals surface area contributed by atoms with E-state index in [1.165, 1.54) is 0 Å². The highest BCUT2D eigenvalue weighted by Gasteiger charge is 2.25. The first-order chi connectivity index (χ1) is 14.4. The Labute approximate surface area is 177 Å². The number of rotatable bonds is 6. The molecule has 1 fully saturated rings. The molecule has 158 valence electrons. The molecular formula is C23H29N5O2. The van der Waals surface area contributed by atoms with Crippen LogP contribution in [0, 0.1) is 25.2 Å². The Hall–Kier alpha value is -3.11. The van der Waals surface area contributed by atoms with Crippen LogP contribution in [-0.4, -0.2) is 47.0 Å². The Morgan fingerprint density at radius 1 is 1.20 bits per heavy atom. The number of hydrogen-bond acceptors (Lipinski definition) is 4. The first-order valence-corrected chi connectivity index (χ1v) is 10.4. The van der Waals surface area contributed by atoms with Crippen LogP contribution in [0.1, 0.15) is 43.0 Å². The van der Waals surface area contributed by atoms with E-state index in [4.69, 9.17) is 0 Å². The fraction of sp³-hybridized carbons (Fsp3) is 0.435. The number of anilines is 1. The van der Waals surface area contributed by atoms with E-state index >= 15 is 0 Å². The molecule has 30 heavy (non-hydrogen) atoms. The summed E-state index contributed by atoms with van der Waals surface area (Å²) in [7, 11) is 0. The van der Waals surface area contributed by atoms with Gasteiger partial charge in [0.15, 0.2) is 0 Å². The van der Waals surface area contributed by atoms with Gasteiger partial charge in [-0.2, -0.15) is 5.26 Å². The third kappa shape index (κ3) is 4.71. The maximum atomic E-state index is 12.9. The highest BCUT2D eigenvalue weighted by Crippen LogP contribution is 2.29. The third-order valence-corrected chi connectivity index (χ3v) is 5.66. The maximum Gasteiger partial charge on any atom is 0.239 e. The first kappa shape index (κ1) is 21.6. The molecule has 1 aromatic heterocycles. The van der Waals surface area contributed by atoms with Gasteiger partial charge < -0.3 is 10.6 Å². The van der Waals surface area contributed by atoms with Gasteiger partial charge in [0.05, 0.1) is 12.1 Å². The molecule has 0 radical (unpaired) electrons. The molecular weight excluding hydrogens is 378 g/mol. The van der Waals surface area contributed by atoms with E-state index in [9.17, 15) is 14.9 Å². The number of para-hydroxylation sites is 1. The molecule has 7 heteroatoms. The summed E-state index contributed by atoms with van der Waals surface area (Å²) in [6.07, 6.45) is 2.32. The number of nitrogens with one attached hydrogen (secondary N) is 2. The monoisotopic (exact) mass is 407 g/mol. The maximum absolute atomic E-state index is 12.9. The third-order valence-electron chi connectivity index (χ3n) is 5.66. The lowest BCUT2D eigenvalue weighted by Crippen LogP contribution is -2.49. The standard InChI is InChI=1S/C23H29N5O2/c1-4-21(29)25-18-9-8-12-27(14-18)15-22(30)26-23-20(13-24)16(2)17(3)28(23)19-10-6-5-7-11-19/h5-7,10-11,18H,4,8-9,12,14-15H2,1-3H3,(H,25,29)(H,26,30). The fourth-order valence-electron chi connectivity index (χ4n) is 3.98. The van der Waals surface area contributed by atoms with E-state index < -0.39 is 0 Å². The number of carbonyl (C=O) groups excluding carboxylic acids is 2. The molecule has 0 bridgehead atoms. The summed E-state index contributed by atoms with van der Waals surface area (Å²) in [4.78, 5) is 26.6. The average Bonchev–Trinajstić information content (AvgIpc) is 2.97. The normalized spacial score (nSPS) is 16.7. The van der Waals surface area contributed by atoms with Gasteiger partial charge in [0.25, 0.3) is 0 Å². The predicted octanol–water partition coefficient (Wildman–Crippen LogP) is 2.89. The largest absolute Gasteiger partial charge is 0.352 e. The van der Waals surface area contributed by atoms with Gasteiger partial charge in [0, 0.05) is 30.4 Å². The fourth-order valence-corrected chi connectivity index (χ4v) is 3.98. The molecule has 0 spiro atoms. The molecule has 2 aromatic rings. The molecule has 2 amide bonds. The molecule has 1 aromatic carbocycles. The molecule has 0 saturated carbocycles. The van der Waals surface area contributed by atoms with Gasteiger partial charge in [0.2, 0.25) is 11.8 Å². The van der Waals surface area contributed by atoms with Crippen molar-refractivity contribution in [2.75, 3.05) is 25.0 Å². The molecule has 1 saturated heterocycles. The van der Waals surface area contributed by atoms with E-state index in [-0.39, 0.29) is 24.4 Å². The summed E-state index contributed by atoms with van der Waals surface area (Å²) in [6.45, 7) is 7.37. The number of nitrogens with zero attached hydrogens (tertiary/aromatic N) is 3. The number of piperidine rings is 1. The van der Waals surface area contributed by atoms with Crippen LogP contribution >= 0.6 is 0 Å². The highest BCUT2D eigenvalue weighted by molar-refractivity contribution is 5.93. The van der Waals surface area contributed by atoms with Crippen LogP contribution in [0.2, 0.25) is 0 Å². The van der Waals surface area contributed by atoms with Crippen LogP contribution in [0.4, 0.5) is 5.82 Å². The van der Waals surface area contributed by atoms with E-state index in [2.05, 4.69) is 21.6 Å². The van der Waals surface area contributed by atoms with Crippen LogP contribution in [0.25, 0.3) is 5.69 Å². The Balaban J connectivity index is 1.76. The first-order valence-electron chi connectivity index (χ1n) is 10.4. The van der Waals surface area contributed by atoms with Crippen molar-refractivity contribution >= 4 is 17.6 Å². The second-order valence-corrected chi connectivity index (χ2v) is 7.76. The summed E-state index contributed by atoms with van der Waals surface area (Å²) >= 11 is 0. The molecule has 3 rings (SSSR count). The van der Waals surface area contributed by atoms with Crippen LogP contribution in [-0.2, 0) is 9.59 Å². The van der Waals surface area contributed by atoms with Gasteiger partial charge in [-0.05, 0) is 50.9 Å². The van der Waals surface area contributed by atoms with E-state index in [1.807, 2.05) is 55.7 Å². The SMILES string of the molecule is CCC(=O)NC1CCCN(CC(=O)Nc2c(C#N)c(C)c(C)n2-c2ccccc2)C1. The lowest BCUT2D eigenvalue weighted by atomic mass is 10.1. The quantitative estimate of drug-likeness (QED) is 0.770. The molecule has 0 aliphatic carbocycles. The topological polar surface area (TPSA) is 90.2 Å². The van der Waals surface area contributed by atoms with Crippen molar-refractivity contribution in [3.8, 4) is 11.8 Å². The summed E-state index contributed by atoms with van der Waals surface area (Å²) in [6, 6.07) is 12.0. The van der Waals surface area contributed by atoms with Crippen molar-refractivity contribution in [2.24, 2.45) is 0 Å². The summed E-state index contributed by atoms with van der Waals surface area (Å²) < 4.78 is 1.92. The Kier molecular flexibility index (Phi) is 6.91. The van der Waals surface area contributed by atoms with E-state index in [1.54, 1.807) is 0 Å².